The molecule has 3 aromatic rings. The third-order valence-electron chi connectivity index (χ3n) is 3.49. The summed E-state index contributed by atoms with van der Waals surface area (Å²) >= 11 is 4.95. The molecule has 1 heterocycles. The number of hydrogen-bond donors (Lipinski definition) is 0. The summed E-state index contributed by atoms with van der Waals surface area (Å²) in [6.07, 6.45) is 1.79. The van der Waals surface area contributed by atoms with Gasteiger partial charge in [0.05, 0.1) is 22.9 Å². The van der Waals surface area contributed by atoms with Gasteiger partial charge in [0.25, 0.3) is 5.91 Å². The summed E-state index contributed by atoms with van der Waals surface area (Å²) in [5, 5.41) is 0. The lowest BCUT2D eigenvalue weighted by Crippen LogP contribution is -2.16. The molecule has 122 valence electrons. The van der Waals surface area contributed by atoms with Crippen LogP contribution in [0.25, 0.3) is 10.2 Å². The van der Waals surface area contributed by atoms with Crippen LogP contribution in [0.4, 0.5) is 0 Å². The van der Waals surface area contributed by atoms with Crippen molar-refractivity contribution < 1.29 is 9.53 Å². The number of fused-ring (bicyclic) bond motifs is 1. The zero-order valence-corrected chi connectivity index (χ0v) is 15.4. The summed E-state index contributed by atoms with van der Waals surface area (Å²) in [7, 11) is 1.54. The Bertz CT molecular complexity index is 988. The molecule has 1 amide bonds. The number of carbonyl (C=O) groups excluding carboxylic acids is 1. The number of carbonyl (C=O) groups is 1. The average Bonchev–Trinajstić information content (AvgIpc) is 2.91. The van der Waals surface area contributed by atoms with Crippen LogP contribution in [-0.4, -0.2) is 17.6 Å². The summed E-state index contributed by atoms with van der Waals surface area (Å²) in [4.78, 5) is 17.6. The SMILES string of the molecule is C=CCn1c(=NC(=O)c2ccccc2OC)sc2cc(Br)ccc21. The van der Waals surface area contributed by atoms with Crippen molar-refractivity contribution in [2.75, 3.05) is 7.11 Å². The van der Waals surface area contributed by atoms with Crippen LogP contribution < -0.4 is 9.54 Å². The van der Waals surface area contributed by atoms with Crippen molar-refractivity contribution in [3.63, 3.8) is 0 Å². The maximum absolute atomic E-state index is 12.6. The minimum Gasteiger partial charge on any atom is -0.496 e. The van der Waals surface area contributed by atoms with Gasteiger partial charge in [-0.3, -0.25) is 4.79 Å². The number of amides is 1. The van der Waals surface area contributed by atoms with Crippen molar-refractivity contribution in [1.82, 2.24) is 4.57 Å². The zero-order valence-electron chi connectivity index (χ0n) is 13.0. The standard InChI is InChI=1S/C18H15BrN2O2S/c1-3-10-21-14-9-8-12(19)11-16(14)24-18(21)20-17(22)13-6-4-5-7-15(13)23-2/h3-9,11H,1,10H2,2H3. The fraction of sp³-hybridized carbons (Fsp3) is 0.111. The maximum Gasteiger partial charge on any atom is 0.283 e. The predicted octanol–water partition coefficient (Wildman–Crippen LogP) is 4.40. The summed E-state index contributed by atoms with van der Waals surface area (Å²) in [6.45, 7) is 4.38. The van der Waals surface area contributed by atoms with Crippen LogP contribution in [-0.2, 0) is 6.54 Å². The van der Waals surface area contributed by atoms with Gasteiger partial charge in [-0.1, -0.05) is 45.5 Å². The van der Waals surface area contributed by atoms with Gasteiger partial charge in [0.15, 0.2) is 4.80 Å². The van der Waals surface area contributed by atoms with E-state index in [-0.39, 0.29) is 5.91 Å². The second-order valence-corrected chi connectivity index (χ2v) is 6.94. The van der Waals surface area contributed by atoms with Gasteiger partial charge in [-0.2, -0.15) is 4.99 Å². The van der Waals surface area contributed by atoms with Crippen molar-refractivity contribution in [3.05, 3.63) is 70.0 Å². The van der Waals surface area contributed by atoms with Crippen LogP contribution in [0.3, 0.4) is 0 Å². The third kappa shape index (κ3) is 3.20. The Hall–Kier alpha value is -2.18. The smallest absolute Gasteiger partial charge is 0.283 e. The molecule has 0 fully saturated rings. The molecule has 0 bridgehead atoms. The van der Waals surface area contributed by atoms with Crippen molar-refractivity contribution in [3.8, 4) is 5.75 Å². The van der Waals surface area contributed by atoms with E-state index in [1.807, 2.05) is 28.8 Å². The van der Waals surface area contributed by atoms with Gasteiger partial charge in [-0.25, -0.2) is 0 Å². The zero-order chi connectivity index (χ0) is 17.1. The number of benzene rings is 2. The quantitative estimate of drug-likeness (QED) is 0.606. The highest BCUT2D eigenvalue weighted by Crippen LogP contribution is 2.23. The van der Waals surface area contributed by atoms with E-state index in [1.165, 1.54) is 11.3 Å². The minimum atomic E-state index is -0.323. The summed E-state index contributed by atoms with van der Waals surface area (Å²) in [5.41, 5.74) is 1.47. The first-order chi connectivity index (χ1) is 11.6. The lowest BCUT2D eigenvalue weighted by Gasteiger charge is -2.04. The molecular weight excluding hydrogens is 388 g/mol. The van der Waals surface area contributed by atoms with E-state index in [4.69, 9.17) is 4.74 Å². The molecule has 1 aromatic heterocycles. The fourth-order valence-electron chi connectivity index (χ4n) is 2.41. The van der Waals surface area contributed by atoms with Gasteiger partial charge in [-0.05, 0) is 30.3 Å². The van der Waals surface area contributed by atoms with Gasteiger partial charge in [0, 0.05) is 11.0 Å². The molecule has 0 radical (unpaired) electrons. The van der Waals surface area contributed by atoms with E-state index in [0.717, 1.165) is 14.7 Å². The Morgan fingerprint density at radius 1 is 1.38 bits per heavy atom. The maximum atomic E-state index is 12.6. The van der Waals surface area contributed by atoms with E-state index >= 15 is 0 Å². The molecule has 0 aliphatic carbocycles. The highest BCUT2D eigenvalue weighted by atomic mass is 79.9. The summed E-state index contributed by atoms with van der Waals surface area (Å²) in [5.74, 6) is 0.196. The molecule has 24 heavy (non-hydrogen) atoms. The van der Waals surface area contributed by atoms with Crippen LogP contribution in [0.1, 0.15) is 10.4 Å². The van der Waals surface area contributed by atoms with Crippen LogP contribution in [0.2, 0.25) is 0 Å². The van der Waals surface area contributed by atoms with Crippen molar-refractivity contribution in [2.45, 2.75) is 6.54 Å². The van der Waals surface area contributed by atoms with Gasteiger partial charge >= 0.3 is 0 Å². The second kappa shape index (κ2) is 7.15. The first-order valence-electron chi connectivity index (χ1n) is 7.26. The van der Waals surface area contributed by atoms with E-state index in [0.29, 0.717) is 22.7 Å². The van der Waals surface area contributed by atoms with E-state index in [1.54, 1.807) is 31.4 Å². The fourth-order valence-corrected chi connectivity index (χ4v) is 4.00. The number of rotatable bonds is 4. The molecule has 0 N–H and O–H groups in total. The van der Waals surface area contributed by atoms with Crippen LogP contribution >= 0.6 is 27.3 Å². The molecule has 0 spiro atoms. The number of allylic oxidation sites excluding steroid dienone is 1. The van der Waals surface area contributed by atoms with Crippen molar-refractivity contribution in [1.29, 1.82) is 0 Å². The van der Waals surface area contributed by atoms with Crippen LogP contribution in [0.5, 0.6) is 5.75 Å². The summed E-state index contributed by atoms with van der Waals surface area (Å²) in [6, 6.07) is 13.1. The number of methoxy groups -OCH3 is 1. The topological polar surface area (TPSA) is 43.6 Å². The highest BCUT2D eigenvalue weighted by molar-refractivity contribution is 9.10. The number of nitrogens with zero attached hydrogens (tertiary/aromatic N) is 2. The minimum absolute atomic E-state index is 0.323. The van der Waals surface area contributed by atoms with Crippen molar-refractivity contribution >= 4 is 43.4 Å². The normalized spacial score (nSPS) is 11.7. The van der Waals surface area contributed by atoms with Gasteiger partial charge in [0.1, 0.15) is 5.75 Å². The number of thiazole rings is 1. The predicted molar refractivity (Wildman–Crippen MR) is 101 cm³/mol. The molecule has 4 nitrogen and oxygen atoms in total. The lowest BCUT2D eigenvalue weighted by atomic mass is 10.2. The van der Waals surface area contributed by atoms with E-state index in [9.17, 15) is 4.79 Å². The molecule has 0 saturated carbocycles. The van der Waals surface area contributed by atoms with Crippen LogP contribution in [0.15, 0.2) is 64.6 Å². The monoisotopic (exact) mass is 402 g/mol. The number of hydrogen-bond acceptors (Lipinski definition) is 3. The second-order valence-electron chi connectivity index (χ2n) is 5.01. The Morgan fingerprint density at radius 3 is 2.92 bits per heavy atom. The highest BCUT2D eigenvalue weighted by Gasteiger charge is 2.12. The van der Waals surface area contributed by atoms with Gasteiger partial charge in [0.2, 0.25) is 0 Å². The third-order valence-corrected chi connectivity index (χ3v) is 5.03. The molecule has 0 unspecified atom stereocenters. The Balaban J connectivity index is 2.17. The molecule has 6 heteroatoms. The lowest BCUT2D eigenvalue weighted by molar-refractivity contribution is 0.0995. The molecule has 0 aliphatic rings. The molecule has 0 atom stereocenters. The number of para-hydroxylation sites is 1. The molecule has 0 saturated heterocycles. The molecular formula is C18H15BrN2O2S. The number of ether oxygens (including phenoxy) is 1. The Kier molecular flexibility index (Phi) is 4.97. The van der Waals surface area contributed by atoms with E-state index < -0.39 is 0 Å². The van der Waals surface area contributed by atoms with Crippen molar-refractivity contribution in [2.24, 2.45) is 4.99 Å². The summed E-state index contributed by atoms with van der Waals surface area (Å²) < 4.78 is 9.27. The molecule has 2 aromatic carbocycles. The van der Waals surface area contributed by atoms with Crippen LogP contribution in [0, 0.1) is 0 Å². The molecule has 3 rings (SSSR count). The van der Waals surface area contributed by atoms with E-state index in [2.05, 4.69) is 27.5 Å². The largest absolute Gasteiger partial charge is 0.496 e. The average molecular weight is 403 g/mol. The Labute approximate surface area is 151 Å². The first kappa shape index (κ1) is 16.7. The first-order valence-corrected chi connectivity index (χ1v) is 8.87. The van der Waals surface area contributed by atoms with Gasteiger partial charge < -0.3 is 9.30 Å². The Morgan fingerprint density at radius 2 is 2.17 bits per heavy atom. The number of aromatic nitrogens is 1. The molecule has 0 aliphatic heterocycles. The number of halogens is 1. The van der Waals surface area contributed by atoms with Gasteiger partial charge in [-0.15, -0.1) is 6.58 Å².